The van der Waals surface area contributed by atoms with Crippen molar-refractivity contribution in [2.24, 2.45) is 13.0 Å². The first-order valence-corrected chi connectivity index (χ1v) is 7.66. The molecule has 3 heterocycles. The van der Waals surface area contributed by atoms with Crippen molar-refractivity contribution < 1.29 is 9.13 Å². The smallest absolute Gasteiger partial charge is 0.166 e. The third kappa shape index (κ3) is 3.39. The molecular weight excluding hydrogens is 307 g/mol. The molecule has 0 amide bonds. The van der Waals surface area contributed by atoms with Crippen LogP contribution in [0, 0.1) is 11.7 Å². The lowest BCUT2D eigenvalue weighted by molar-refractivity contribution is -0.0239. The van der Waals surface area contributed by atoms with E-state index in [-0.39, 0.29) is 22.9 Å². The van der Waals surface area contributed by atoms with Gasteiger partial charge in [0.15, 0.2) is 11.6 Å². The standard InChI is InChI=1S/C15H18ClFN4O/c1-21-9-11(7-20-21)14-10(3-2-4-22-14)6-18-15-13(17)5-12(16)8-19-15/h5,7-10,14H,2-4,6H2,1H3,(H,18,19)/t10-,14+/m0/s1. The van der Waals surface area contributed by atoms with Gasteiger partial charge in [0.05, 0.1) is 17.3 Å². The van der Waals surface area contributed by atoms with Crippen molar-refractivity contribution in [3.63, 3.8) is 0 Å². The van der Waals surface area contributed by atoms with Gasteiger partial charge in [0, 0.05) is 44.1 Å². The zero-order chi connectivity index (χ0) is 15.5. The maximum Gasteiger partial charge on any atom is 0.166 e. The van der Waals surface area contributed by atoms with Gasteiger partial charge in [-0.3, -0.25) is 4.68 Å². The SMILES string of the molecule is Cn1cc([C@@H]2OCCC[C@H]2CNc2ncc(Cl)cc2F)cn1. The summed E-state index contributed by atoms with van der Waals surface area (Å²) < 4.78 is 21.4. The van der Waals surface area contributed by atoms with Gasteiger partial charge >= 0.3 is 0 Å². The second kappa shape index (κ2) is 6.62. The summed E-state index contributed by atoms with van der Waals surface area (Å²) in [4.78, 5) is 3.99. The topological polar surface area (TPSA) is 52.0 Å². The van der Waals surface area contributed by atoms with Crippen molar-refractivity contribution in [3.05, 3.63) is 41.1 Å². The van der Waals surface area contributed by atoms with Gasteiger partial charge < -0.3 is 10.1 Å². The number of ether oxygens (including phenoxy) is 1. The Kier molecular flexibility index (Phi) is 4.59. The van der Waals surface area contributed by atoms with Crippen molar-refractivity contribution in [2.45, 2.75) is 18.9 Å². The minimum Gasteiger partial charge on any atom is -0.373 e. The Balaban J connectivity index is 1.69. The van der Waals surface area contributed by atoms with Crippen LogP contribution >= 0.6 is 11.6 Å². The van der Waals surface area contributed by atoms with E-state index < -0.39 is 5.82 Å². The van der Waals surface area contributed by atoms with Gasteiger partial charge in [-0.15, -0.1) is 0 Å². The number of hydrogen-bond donors (Lipinski definition) is 1. The molecule has 0 aliphatic carbocycles. The minimum atomic E-state index is -0.442. The van der Waals surface area contributed by atoms with Crippen LogP contribution in [0.25, 0.3) is 0 Å². The summed E-state index contributed by atoms with van der Waals surface area (Å²) in [5.41, 5.74) is 1.05. The zero-order valence-corrected chi connectivity index (χ0v) is 13.1. The molecule has 0 saturated carbocycles. The summed E-state index contributed by atoms with van der Waals surface area (Å²) in [5, 5.41) is 7.55. The van der Waals surface area contributed by atoms with E-state index >= 15 is 0 Å². The van der Waals surface area contributed by atoms with Crippen LogP contribution in [-0.2, 0) is 11.8 Å². The first-order chi connectivity index (χ1) is 10.6. The van der Waals surface area contributed by atoms with E-state index in [0.29, 0.717) is 6.54 Å². The summed E-state index contributed by atoms with van der Waals surface area (Å²) in [7, 11) is 1.88. The van der Waals surface area contributed by atoms with E-state index in [1.54, 1.807) is 4.68 Å². The number of nitrogens with one attached hydrogen (secondary N) is 1. The fraction of sp³-hybridized carbons (Fsp3) is 0.467. The molecule has 1 N–H and O–H groups in total. The highest BCUT2D eigenvalue weighted by Crippen LogP contribution is 2.33. The number of pyridine rings is 1. The molecule has 0 radical (unpaired) electrons. The molecule has 0 unspecified atom stereocenters. The van der Waals surface area contributed by atoms with Crippen LogP contribution in [0.4, 0.5) is 10.2 Å². The molecule has 2 aromatic heterocycles. The maximum atomic E-state index is 13.8. The van der Waals surface area contributed by atoms with E-state index in [4.69, 9.17) is 16.3 Å². The lowest BCUT2D eigenvalue weighted by Gasteiger charge is -2.31. The molecule has 3 rings (SSSR count). The average Bonchev–Trinajstić information content (AvgIpc) is 2.93. The Morgan fingerprint density at radius 2 is 2.36 bits per heavy atom. The van der Waals surface area contributed by atoms with E-state index in [9.17, 15) is 4.39 Å². The number of hydrogen-bond acceptors (Lipinski definition) is 4. The van der Waals surface area contributed by atoms with Crippen LogP contribution in [-0.4, -0.2) is 27.9 Å². The normalized spacial score (nSPS) is 21.8. The molecule has 1 fully saturated rings. The largest absolute Gasteiger partial charge is 0.373 e. The highest BCUT2D eigenvalue weighted by Gasteiger charge is 2.28. The van der Waals surface area contributed by atoms with E-state index in [0.717, 1.165) is 25.0 Å². The Morgan fingerprint density at radius 1 is 1.50 bits per heavy atom. The van der Waals surface area contributed by atoms with E-state index in [1.807, 2.05) is 19.4 Å². The Labute approximate surface area is 133 Å². The summed E-state index contributed by atoms with van der Waals surface area (Å²) in [6.07, 6.45) is 7.21. The summed E-state index contributed by atoms with van der Waals surface area (Å²) in [6.45, 7) is 1.33. The van der Waals surface area contributed by atoms with Crippen LogP contribution in [0.2, 0.25) is 5.02 Å². The highest BCUT2D eigenvalue weighted by atomic mass is 35.5. The monoisotopic (exact) mass is 324 g/mol. The van der Waals surface area contributed by atoms with E-state index in [1.165, 1.54) is 12.3 Å². The van der Waals surface area contributed by atoms with Crippen LogP contribution in [0.15, 0.2) is 24.7 Å². The first kappa shape index (κ1) is 15.2. The van der Waals surface area contributed by atoms with Gasteiger partial charge in [-0.1, -0.05) is 11.6 Å². The molecule has 0 aromatic carbocycles. The van der Waals surface area contributed by atoms with Gasteiger partial charge in [-0.25, -0.2) is 9.37 Å². The molecule has 118 valence electrons. The summed E-state index contributed by atoms with van der Waals surface area (Å²) in [5.74, 6) is 0.0249. The van der Waals surface area contributed by atoms with Gasteiger partial charge in [0.25, 0.3) is 0 Å². The van der Waals surface area contributed by atoms with E-state index in [2.05, 4.69) is 15.4 Å². The molecule has 1 saturated heterocycles. The molecule has 5 nitrogen and oxygen atoms in total. The van der Waals surface area contributed by atoms with Crippen LogP contribution in [0.5, 0.6) is 0 Å². The molecule has 1 aliphatic rings. The fourth-order valence-electron chi connectivity index (χ4n) is 2.78. The molecule has 2 atom stereocenters. The lowest BCUT2D eigenvalue weighted by atomic mass is 9.91. The van der Waals surface area contributed by atoms with Gasteiger partial charge in [-0.05, 0) is 18.9 Å². The second-order valence-electron chi connectivity index (χ2n) is 5.51. The van der Waals surface area contributed by atoms with Crippen molar-refractivity contribution in [1.82, 2.24) is 14.8 Å². The number of nitrogens with zero attached hydrogens (tertiary/aromatic N) is 3. The zero-order valence-electron chi connectivity index (χ0n) is 12.3. The van der Waals surface area contributed by atoms with Gasteiger partial charge in [-0.2, -0.15) is 5.10 Å². The second-order valence-corrected chi connectivity index (χ2v) is 5.94. The Morgan fingerprint density at radius 3 is 3.09 bits per heavy atom. The molecule has 0 bridgehead atoms. The predicted molar refractivity (Wildman–Crippen MR) is 82.3 cm³/mol. The number of rotatable bonds is 4. The molecule has 2 aromatic rings. The number of anilines is 1. The van der Waals surface area contributed by atoms with Crippen molar-refractivity contribution in [2.75, 3.05) is 18.5 Å². The maximum absolute atomic E-state index is 13.8. The summed E-state index contributed by atoms with van der Waals surface area (Å²) in [6, 6.07) is 1.26. The quantitative estimate of drug-likeness (QED) is 0.938. The number of aryl methyl sites for hydroxylation is 1. The van der Waals surface area contributed by atoms with Crippen LogP contribution < -0.4 is 5.32 Å². The van der Waals surface area contributed by atoms with Crippen LogP contribution in [0.3, 0.4) is 0 Å². The number of aromatic nitrogens is 3. The van der Waals surface area contributed by atoms with Gasteiger partial charge in [0.1, 0.15) is 0 Å². The van der Waals surface area contributed by atoms with Crippen molar-refractivity contribution in [3.8, 4) is 0 Å². The number of halogens is 2. The molecule has 1 aliphatic heterocycles. The third-order valence-corrected chi connectivity index (χ3v) is 4.04. The Hall–Kier alpha value is -1.66. The molecule has 0 spiro atoms. The average molecular weight is 325 g/mol. The molecule has 22 heavy (non-hydrogen) atoms. The minimum absolute atomic E-state index is 0.0229. The van der Waals surface area contributed by atoms with Crippen LogP contribution in [0.1, 0.15) is 24.5 Å². The van der Waals surface area contributed by atoms with Crippen molar-refractivity contribution in [1.29, 1.82) is 0 Å². The predicted octanol–water partition coefficient (Wildman–Crippen LogP) is 3.19. The highest BCUT2D eigenvalue weighted by molar-refractivity contribution is 6.30. The van der Waals surface area contributed by atoms with Gasteiger partial charge in [0.2, 0.25) is 0 Å². The fourth-order valence-corrected chi connectivity index (χ4v) is 2.92. The summed E-state index contributed by atoms with van der Waals surface area (Å²) >= 11 is 5.71. The molecule has 7 heteroatoms. The lowest BCUT2D eigenvalue weighted by Crippen LogP contribution is -2.28. The third-order valence-electron chi connectivity index (χ3n) is 3.84. The Bertz CT molecular complexity index is 648. The first-order valence-electron chi connectivity index (χ1n) is 7.28. The molecular formula is C15H18ClFN4O. The van der Waals surface area contributed by atoms with Crippen molar-refractivity contribution >= 4 is 17.4 Å².